The van der Waals surface area contributed by atoms with Gasteiger partial charge in [0.1, 0.15) is 12.4 Å². The zero-order chi connectivity index (χ0) is 15.9. The summed E-state index contributed by atoms with van der Waals surface area (Å²) in [7, 11) is 0. The van der Waals surface area contributed by atoms with E-state index < -0.39 is 5.97 Å². The van der Waals surface area contributed by atoms with Crippen LogP contribution in [0.2, 0.25) is 0 Å². The minimum absolute atomic E-state index is 0.217. The Labute approximate surface area is 129 Å². The lowest BCUT2D eigenvalue weighted by Gasteiger charge is -2.31. The van der Waals surface area contributed by atoms with Crippen LogP contribution in [0.3, 0.4) is 0 Å². The highest BCUT2D eigenvalue weighted by atomic mass is 19.1. The van der Waals surface area contributed by atoms with Gasteiger partial charge in [0, 0.05) is 0 Å². The minimum Gasteiger partial charge on any atom is -0.480 e. The number of benzene rings is 1. The normalized spacial score (nSPS) is 16.4. The Bertz CT molecular complexity index is 511. The average Bonchev–Trinajstić information content (AvgIpc) is 2.49. The Kier molecular flexibility index (Phi) is 5.89. The molecule has 0 radical (unpaired) electrons. The average molecular weight is 308 g/mol. The van der Waals surface area contributed by atoms with Crippen molar-refractivity contribution in [2.24, 2.45) is 5.92 Å². The summed E-state index contributed by atoms with van der Waals surface area (Å²) in [4.78, 5) is 24.0. The van der Waals surface area contributed by atoms with E-state index in [1.54, 1.807) is 0 Å². The number of carbonyl (C=O) groups excluding carboxylic acids is 1. The van der Waals surface area contributed by atoms with Gasteiger partial charge in [-0.3, -0.25) is 14.5 Å². The smallest absolute Gasteiger partial charge is 0.322 e. The fraction of sp³-hybridized carbons (Fsp3) is 0.500. The molecule has 0 bridgehead atoms. The van der Waals surface area contributed by atoms with Crippen LogP contribution < -0.4 is 5.32 Å². The molecule has 5 nitrogen and oxygen atoms in total. The molecule has 1 heterocycles. The highest BCUT2D eigenvalue weighted by Gasteiger charge is 2.21. The van der Waals surface area contributed by atoms with Crippen LogP contribution in [0.5, 0.6) is 0 Å². The van der Waals surface area contributed by atoms with E-state index in [9.17, 15) is 14.0 Å². The summed E-state index contributed by atoms with van der Waals surface area (Å²) in [6.07, 6.45) is 2.91. The van der Waals surface area contributed by atoms with E-state index in [4.69, 9.17) is 5.11 Å². The number of halogens is 1. The third-order valence-electron chi connectivity index (χ3n) is 3.95. The summed E-state index contributed by atoms with van der Waals surface area (Å²) in [6.45, 7) is 1.56. The van der Waals surface area contributed by atoms with Crippen LogP contribution in [0.15, 0.2) is 24.3 Å². The molecule has 0 atom stereocenters. The van der Waals surface area contributed by atoms with Gasteiger partial charge in [-0.25, -0.2) is 4.39 Å². The SMILES string of the molecule is O=C(O)CNC(=O)CN1CCC(Cc2ccc(F)cc2)CC1. The molecule has 0 aliphatic carbocycles. The van der Waals surface area contributed by atoms with E-state index >= 15 is 0 Å². The van der Waals surface area contributed by atoms with Gasteiger partial charge in [0.2, 0.25) is 5.91 Å². The van der Waals surface area contributed by atoms with Crippen LogP contribution in [-0.4, -0.2) is 48.1 Å². The van der Waals surface area contributed by atoms with Crippen molar-refractivity contribution in [3.63, 3.8) is 0 Å². The summed E-state index contributed by atoms with van der Waals surface area (Å²) in [6, 6.07) is 6.61. The largest absolute Gasteiger partial charge is 0.480 e. The van der Waals surface area contributed by atoms with Gasteiger partial charge < -0.3 is 10.4 Å². The molecule has 1 aliphatic heterocycles. The Balaban J connectivity index is 1.70. The third kappa shape index (κ3) is 5.44. The maximum Gasteiger partial charge on any atom is 0.322 e. The van der Waals surface area contributed by atoms with E-state index in [2.05, 4.69) is 5.32 Å². The number of carboxylic acids is 1. The molecule has 22 heavy (non-hydrogen) atoms. The molecule has 1 aliphatic rings. The Morgan fingerprint density at radius 1 is 1.23 bits per heavy atom. The molecule has 0 aromatic heterocycles. The van der Waals surface area contributed by atoms with Gasteiger partial charge in [-0.15, -0.1) is 0 Å². The topological polar surface area (TPSA) is 69.6 Å². The zero-order valence-corrected chi connectivity index (χ0v) is 12.4. The van der Waals surface area contributed by atoms with E-state index in [1.807, 2.05) is 17.0 Å². The first-order valence-corrected chi connectivity index (χ1v) is 7.48. The van der Waals surface area contributed by atoms with Crippen molar-refractivity contribution in [3.05, 3.63) is 35.6 Å². The van der Waals surface area contributed by atoms with Gasteiger partial charge in [0.05, 0.1) is 6.54 Å². The Hall–Kier alpha value is -1.95. The van der Waals surface area contributed by atoms with Gasteiger partial charge in [-0.05, 0) is 56.0 Å². The first kappa shape index (κ1) is 16.4. The van der Waals surface area contributed by atoms with Crippen LogP contribution in [-0.2, 0) is 16.0 Å². The predicted octanol–water partition coefficient (Wildman–Crippen LogP) is 1.28. The van der Waals surface area contributed by atoms with E-state index in [1.165, 1.54) is 12.1 Å². The maximum atomic E-state index is 12.9. The monoisotopic (exact) mass is 308 g/mol. The van der Waals surface area contributed by atoms with E-state index in [-0.39, 0.29) is 24.8 Å². The van der Waals surface area contributed by atoms with Crippen LogP contribution in [0.4, 0.5) is 4.39 Å². The standard InChI is InChI=1S/C16H21FN2O3/c17-14-3-1-12(2-4-14)9-13-5-7-19(8-6-13)11-15(20)18-10-16(21)22/h1-4,13H,5-11H2,(H,18,20)(H,21,22). The lowest BCUT2D eigenvalue weighted by Crippen LogP contribution is -2.42. The van der Waals surface area contributed by atoms with Crippen molar-refractivity contribution < 1.29 is 19.1 Å². The van der Waals surface area contributed by atoms with Crippen molar-refractivity contribution in [1.82, 2.24) is 10.2 Å². The van der Waals surface area contributed by atoms with Crippen LogP contribution in [0.1, 0.15) is 18.4 Å². The quantitative estimate of drug-likeness (QED) is 0.830. The van der Waals surface area contributed by atoms with Gasteiger partial charge in [0.15, 0.2) is 0 Å². The number of aliphatic carboxylic acids is 1. The molecule has 1 aromatic rings. The molecule has 1 fully saturated rings. The second-order valence-corrected chi connectivity index (χ2v) is 5.72. The fourth-order valence-corrected chi connectivity index (χ4v) is 2.74. The van der Waals surface area contributed by atoms with Gasteiger partial charge >= 0.3 is 5.97 Å². The number of hydrogen-bond donors (Lipinski definition) is 2. The first-order valence-electron chi connectivity index (χ1n) is 7.48. The molecule has 1 aromatic carbocycles. The fourth-order valence-electron chi connectivity index (χ4n) is 2.74. The second-order valence-electron chi connectivity index (χ2n) is 5.72. The number of nitrogens with one attached hydrogen (secondary N) is 1. The van der Waals surface area contributed by atoms with Crippen molar-refractivity contribution in [1.29, 1.82) is 0 Å². The highest BCUT2D eigenvalue weighted by molar-refractivity contribution is 5.82. The van der Waals surface area contributed by atoms with Crippen LogP contribution >= 0.6 is 0 Å². The second kappa shape index (κ2) is 7.89. The number of hydrogen-bond acceptors (Lipinski definition) is 3. The van der Waals surface area contributed by atoms with Crippen molar-refractivity contribution in [2.75, 3.05) is 26.2 Å². The van der Waals surface area contributed by atoms with Gasteiger partial charge in [-0.2, -0.15) is 0 Å². The van der Waals surface area contributed by atoms with Crippen LogP contribution in [0.25, 0.3) is 0 Å². The molecule has 2 N–H and O–H groups in total. The molecule has 1 saturated heterocycles. The van der Waals surface area contributed by atoms with E-state index in [0.717, 1.165) is 37.9 Å². The Morgan fingerprint density at radius 3 is 2.45 bits per heavy atom. The lowest BCUT2D eigenvalue weighted by molar-refractivity contribution is -0.138. The number of carboxylic acid groups (broad SMARTS) is 1. The molecule has 0 unspecified atom stereocenters. The third-order valence-corrected chi connectivity index (χ3v) is 3.95. The first-order chi connectivity index (χ1) is 10.5. The van der Waals surface area contributed by atoms with Gasteiger partial charge in [-0.1, -0.05) is 12.1 Å². The molecule has 0 spiro atoms. The highest BCUT2D eigenvalue weighted by Crippen LogP contribution is 2.21. The molecular formula is C16H21FN2O3. The summed E-state index contributed by atoms with van der Waals surface area (Å²) in [5, 5.41) is 10.9. The lowest BCUT2D eigenvalue weighted by atomic mass is 9.90. The molecule has 1 amide bonds. The minimum atomic E-state index is -1.04. The van der Waals surface area contributed by atoms with Crippen molar-refractivity contribution >= 4 is 11.9 Å². The number of rotatable bonds is 6. The Morgan fingerprint density at radius 2 is 1.86 bits per heavy atom. The summed E-state index contributed by atoms with van der Waals surface area (Å²) in [5.74, 6) is -0.958. The van der Waals surface area contributed by atoms with E-state index in [0.29, 0.717) is 5.92 Å². The van der Waals surface area contributed by atoms with Gasteiger partial charge in [0.25, 0.3) is 0 Å². The summed E-state index contributed by atoms with van der Waals surface area (Å²) < 4.78 is 12.9. The van der Waals surface area contributed by atoms with Crippen LogP contribution in [0, 0.1) is 11.7 Å². The number of amides is 1. The maximum absolute atomic E-state index is 12.9. The summed E-state index contributed by atoms with van der Waals surface area (Å²) >= 11 is 0. The number of carbonyl (C=O) groups is 2. The number of piperidine rings is 1. The van der Waals surface area contributed by atoms with Crippen molar-refractivity contribution in [2.45, 2.75) is 19.3 Å². The van der Waals surface area contributed by atoms with Crippen molar-refractivity contribution in [3.8, 4) is 0 Å². The number of nitrogens with zero attached hydrogens (tertiary/aromatic N) is 1. The summed E-state index contributed by atoms with van der Waals surface area (Å²) in [5.41, 5.74) is 1.14. The molecular weight excluding hydrogens is 287 g/mol. The number of likely N-dealkylation sites (tertiary alicyclic amines) is 1. The predicted molar refractivity (Wildman–Crippen MR) is 79.9 cm³/mol. The molecule has 2 rings (SSSR count). The molecule has 6 heteroatoms. The molecule has 120 valence electrons. The molecule has 0 saturated carbocycles. The zero-order valence-electron chi connectivity index (χ0n) is 12.4.